The van der Waals surface area contributed by atoms with Crippen LogP contribution in [0.4, 0.5) is 11.4 Å². The van der Waals surface area contributed by atoms with Crippen molar-refractivity contribution in [3.63, 3.8) is 0 Å². The molecule has 2 heterocycles. The second-order valence-corrected chi connectivity index (χ2v) is 5.64. The third-order valence-corrected chi connectivity index (χ3v) is 3.98. The van der Waals surface area contributed by atoms with Gasteiger partial charge < -0.3 is 9.80 Å². The van der Waals surface area contributed by atoms with Crippen molar-refractivity contribution in [3.8, 4) is 0 Å². The standard InChI is InChI=1S/C14H17ClN2O/c15-11-8-14(18)17(10-11)13-5-3-4-12(9-13)16-6-1-2-7-16/h3-5,9,11H,1-2,6-8,10H2. The van der Waals surface area contributed by atoms with Crippen LogP contribution in [0.3, 0.4) is 0 Å². The summed E-state index contributed by atoms with van der Waals surface area (Å²) in [7, 11) is 0. The molecular formula is C14H17ClN2O. The van der Waals surface area contributed by atoms with Crippen LogP contribution in [-0.4, -0.2) is 30.9 Å². The SMILES string of the molecule is O=C1CC(Cl)CN1c1cccc(N2CCCC2)c1. The van der Waals surface area contributed by atoms with E-state index in [1.807, 2.05) is 12.1 Å². The van der Waals surface area contributed by atoms with Gasteiger partial charge in [0.25, 0.3) is 0 Å². The molecule has 4 heteroatoms. The largest absolute Gasteiger partial charge is 0.371 e. The van der Waals surface area contributed by atoms with Crippen molar-refractivity contribution in [2.24, 2.45) is 0 Å². The van der Waals surface area contributed by atoms with Gasteiger partial charge in [0.2, 0.25) is 5.91 Å². The summed E-state index contributed by atoms with van der Waals surface area (Å²) in [5.41, 5.74) is 2.20. The van der Waals surface area contributed by atoms with Crippen molar-refractivity contribution in [1.82, 2.24) is 0 Å². The first kappa shape index (κ1) is 11.8. The predicted octanol–water partition coefficient (Wildman–Crippen LogP) is 2.63. The molecular weight excluding hydrogens is 248 g/mol. The van der Waals surface area contributed by atoms with E-state index in [2.05, 4.69) is 17.0 Å². The number of carbonyl (C=O) groups is 1. The maximum absolute atomic E-state index is 11.8. The van der Waals surface area contributed by atoms with Gasteiger partial charge >= 0.3 is 0 Å². The lowest BCUT2D eigenvalue weighted by molar-refractivity contribution is -0.117. The van der Waals surface area contributed by atoms with Gasteiger partial charge in [-0.05, 0) is 31.0 Å². The molecule has 0 saturated carbocycles. The van der Waals surface area contributed by atoms with Crippen molar-refractivity contribution in [2.75, 3.05) is 29.4 Å². The summed E-state index contributed by atoms with van der Waals surface area (Å²) < 4.78 is 0. The van der Waals surface area contributed by atoms with Crippen LogP contribution in [0.1, 0.15) is 19.3 Å². The third-order valence-electron chi connectivity index (χ3n) is 3.69. The van der Waals surface area contributed by atoms with Crippen molar-refractivity contribution in [2.45, 2.75) is 24.6 Å². The smallest absolute Gasteiger partial charge is 0.228 e. The molecule has 0 radical (unpaired) electrons. The molecule has 18 heavy (non-hydrogen) atoms. The summed E-state index contributed by atoms with van der Waals surface area (Å²) in [5, 5.41) is -0.0482. The highest BCUT2D eigenvalue weighted by Crippen LogP contribution is 2.29. The van der Waals surface area contributed by atoms with Crippen LogP contribution >= 0.6 is 11.6 Å². The molecule has 3 rings (SSSR count). The number of benzene rings is 1. The zero-order valence-electron chi connectivity index (χ0n) is 10.3. The molecule has 2 aliphatic heterocycles. The fraction of sp³-hybridized carbons (Fsp3) is 0.500. The monoisotopic (exact) mass is 264 g/mol. The fourth-order valence-electron chi connectivity index (χ4n) is 2.75. The van der Waals surface area contributed by atoms with Gasteiger partial charge in [0.1, 0.15) is 0 Å². The van der Waals surface area contributed by atoms with E-state index in [0.29, 0.717) is 13.0 Å². The Balaban J connectivity index is 1.84. The van der Waals surface area contributed by atoms with Crippen LogP contribution in [0.15, 0.2) is 24.3 Å². The zero-order chi connectivity index (χ0) is 12.5. The molecule has 2 aliphatic rings. The van der Waals surface area contributed by atoms with Gasteiger partial charge in [-0.2, -0.15) is 0 Å². The van der Waals surface area contributed by atoms with Gasteiger partial charge in [-0.1, -0.05) is 6.07 Å². The summed E-state index contributed by atoms with van der Waals surface area (Å²) in [6, 6.07) is 8.25. The summed E-state index contributed by atoms with van der Waals surface area (Å²) in [4.78, 5) is 16.0. The van der Waals surface area contributed by atoms with Crippen LogP contribution in [0.2, 0.25) is 0 Å². The van der Waals surface area contributed by atoms with E-state index < -0.39 is 0 Å². The molecule has 0 bridgehead atoms. The molecule has 1 aromatic rings. The minimum atomic E-state index is -0.0482. The topological polar surface area (TPSA) is 23.6 Å². The Morgan fingerprint density at radius 1 is 1.17 bits per heavy atom. The van der Waals surface area contributed by atoms with Gasteiger partial charge in [0.15, 0.2) is 0 Å². The molecule has 2 saturated heterocycles. The van der Waals surface area contributed by atoms with Crippen LogP contribution in [0.5, 0.6) is 0 Å². The normalized spacial score (nSPS) is 24.1. The van der Waals surface area contributed by atoms with E-state index in [9.17, 15) is 4.79 Å². The summed E-state index contributed by atoms with van der Waals surface area (Å²) in [6.07, 6.45) is 2.97. The molecule has 1 atom stereocenters. The molecule has 0 aromatic heterocycles. The van der Waals surface area contributed by atoms with E-state index in [1.54, 1.807) is 4.90 Å². The molecule has 0 aliphatic carbocycles. The maximum Gasteiger partial charge on any atom is 0.228 e. The molecule has 1 aromatic carbocycles. The minimum absolute atomic E-state index is 0.0482. The minimum Gasteiger partial charge on any atom is -0.371 e. The second-order valence-electron chi connectivity index (χ2n) is 5.02. The predicted molar refractivity (Wildman–Crippen MR) is 74.5 cm³/mol. The van der Waals surface area contributed by atoms with Crippen molar-refractivity contribution in [3.05, 3.63) is 24.3 Å². The molecule has 0 spiro atoms. The highest BCUT2D eigenvalue weighted by atomic mass is 35.5. The van der Waals surface area contributed by atoms with Crippen molar-refractivity contribution >= 4 is 28.9 Å². The van der Waals surface area contributed by atoms with Gasteiger partial charge in [0.05, 0.1) is 5.38 Å². The first-order chi connectivity index (χ1) is 8.74. The Morgan fingerprint density at radius 3 is 2.56 bits per heavy atom. The lowest BCUT2D eigenvalue weighted by Crippen LogP contribution is -2.25. The quantitative estimate of drug-likeness (QED) is 0.767. The highest BCUT2D eigenvalue weighted by molar-refractivity contribution is 6.24. The van der Waals surface area contributed by atoms with E-state index in [-0.39, 0.29) is 11.3 Å². The van der Waals surface area contributed by atoms with Crippen LogP contribution in [-0.2, 0) is 4.79 Å². The number of nitrogens with zero attached hydrogens (tertiary/aromatic N) is 2. The van der Waals surface area contributed by atoms with E-state index in [0.717, 1.165) is 18.8 Å². The van der Waals surface area contributed by atoms with Gasteiger partial charge in [0, 0.05) is 37.4 Å². The average molecular weight is 265 g/mol. The van der Waals surface area contributed by atoms with Gasteiger partial charge in [-0.3, -0.25) is 4.79 Å². The summed E-state index contributed by atoms with van der Waals surface area (Å²) in [6.45, 7) is 2.87. The molecule has 96 valence electrons. The number of hydrogen-bond acceptors (Lipinski definition) is 2. The molecule has 0 N–H and O–H groups in total. The van der Waals surface area contributed by atoms with E-state index >= 15 is 0 Å². The number of rotatable bonds is 2. The van der Waals surface area contributed by atoms with E-state index in [4.69, 9.17) is 11.6 Å². The average Bonchev–Trinajstić information content (AvgIpc) is 2.99. The Morgan fingerprint density at radius 2 is 1.89 bits per heavy atom. The Bertz CT molecular complexity index is 457. The van der Waals surface area contributed by atoms with Crippen LogP contribution < -0.4 is 9.80 Å². The van der Waals surface area contributed by atoms with Crippen molar-refractivity contribution in [1.29, 1.82) is 0 Å². The molecule has 3 nitrogen and oxygen atoms in total. The molecule has 2 fully saturated rings. The van der Waals surface area contributed by atoms with Crippen molar-refractivity contribution < 1.29 is 4.79 Å². The summed E-state index contributed by atoms with van der Waals surface area (Å²) in [5.74, 6) is 0.133. The number of alkyl halides is 1. The van der Waals surface area contributed by atoms with Gasteiger partial charge in [-0.25, -0.2) is 0 Å². The van der Waals surface area contributed by atoms with Crippen LogP contribution in [0, 0.1) is 0 Å². The van der Waals surface area contributed by atoms with Crippen LogP contribution in [0.25, 0.3) is 0 Å². The molecule has 1 amide bonds. The lowest BCUT2D eigenvalue weighted by atomic mass is 10.2. The highest BCUT2D eigenvalue weighted by Gasteiger charge is 2.29. The Labute approximate surface area is 112 Å². The third kappa shape index (κ3) is 2.19. The first-order valence-corrected chi connectivity index (χ1v) is 6.97. The first-order valence-electron chi connectivity index (χ1n) is 6.53. The summed E-state index contributed by atoms with van der Waals surface area (Å²) >= 11 is 6.05. The number of anilines is 2. The fourth-order valence-corrected chi connectivity index (χ4v) is 3.02. The van der Waals surface area contributed by atoms with Gasteiger partial charge in [-0.15, -0.1) is 11.6 Å². The maximum atomic E-state index is 11.8. The lowest BCUT2D eigenvalue weighted by Gasteiger charge is -2.21. The number of hydrogen-bond donors (Lipinski definition) is 0. The number of carbonyl (C=O) groups excluding carboxylic acids is 1. The number of halogens is 1. The van der Waals surface area contributed by atoms with E-state index in [1.165, 1.54) is 18.5 Å². The Hall–Kier alpha value is -1.22. The zero-order valence-corrected chi connectivity index (χ0v) is 11.1. The molecule has 1 unspecified atom stereocenters. The second kappa shape index (κ2) is 4.81. The number of amides is 1. The Kier molecular flexibility index (Phi) is 3.16.